The molecule has 9 aromatic rings. The van der Waals surface area contributed by atoms with Crippen LogP contribution in [-0.2, 0) is 25.5 Å². The first-order chi connectivity index (χ1) is 30.9. The summed E-state index contributed by atoms with van der Waals surface area (Å²) in [7, 11) is 4.10. The summed E-state index contributed by atoms with van der Waals surface area (Å²) in [4.78, 5) is 5.18. The van der Waals surface area contributed by atoms with E-state index >= 15 is 4.39 Å². The van der Waals surface area contributed by atoms with E-state index < -0.39 is 19.1 Å². The van der Waals surface area contributed by atoms with Crippen molar-refractivity contribution >= 4 is 50.6 Å². The zero-order chi connectivity index (χ0) is 46.5. The Morgan fingerprint density at radius 3 is 2.05 bits per heavy atom. The smallest absolute Gasteiger partial charge is 0.343 e. The van der Waals surface area contributed by atoms with Gasteiger partial charge in [0.05, 0.1) is 17.5 Å². The number of benzene rings is 6. The van der Waals surface area contributed by atoms with Crippen LogP contribution >= 0.6 is 0 Å². The van der Waals surface area contributed by atoms with E-state index in [0.29, 0.717) is 22.4 Å². The standard InChI is InChI=1S/C41H37FGeN3O.C17H20N.Ir/c1-24(2)33-21-28(26-15-18-29(19-16-26)43(5,6)7)22-34(25(3)4)38(33)46-36-14-9-8-13-35(36)45-41(46)32-12-10-11-30-31-20-17-27(23-44)37(42)40(31)47-39(30)32;1-13-8-6-7-9-15(13)16-11-10-14(12-18(16)5)17(2,3)4;/h8-11,13-22,24-25H,1-7H3;6-12H,1,5H2,2-4H3;/q2*-1;+3. The molecule has 0 fully saturated rings. The molecular weight excluding hydrogens is 1050 g/mol. The maximum atomic E-state index is 15.4. The first-order valence-electron chi connectivity index (χ1n) is 22.4. The van der Waals surface area contributed by atoms with Gasteiger partial charge in [-0.3, -0.25) is 0 Å². The van der Waals surface area contributed by atoms with Gasteiger partial charge in [0, 0.05) is 12.4 Å². The Balaban J connectivity index is 0.000000287. The molecule has 5 nitrogen and oxygen atoms in total. The molecule has 6 aromatic carbocycles. The second-order valence-corrected chi connectivity index (χ2v) is 30.3. The fraction of sp³-hybridized carbons (Fsp3) is 0.224. The van der Waals surface area contributed by atoms with Crippen LogP contribution in [0, 0.1) is 37.2 Å². The van der Waals surface area contributed by atoms with Gasteiger partial charge in [0.15, 0.2) is 11.4 Å². The minimum Gasteiger partial charge on any atom is -0.343 e. The number of para-hydroxylation sites is 2. The Hall–Kier alpha value is -5.91. The van der Waals surface area contributed by atoms with Gasteiger partial charge in [0.2, 0.25) is 0 Å². The Labute approximate surface area is 406 Å². The molecule has 0 aliphatic rings. The van der Waals surface area contributed by atoms with Crippen molar-refractivity contribution in [2.75, 3.05) is 0 Å². The molecule has 0 saturated carbocycles. The summed E-state index contributed by atoms with van der Waals surface area (Å²) >= 11 is -1.94. The summed E-state index contributed by atoms with van der Waals surface area (Å²) in [5.41, 5.74) is 13.6. The van der Waals surface area contributed by atoms with Crippen LogP contribution < -0.4 is 8.96 Å². The molecule has 0 unspecified atom stereocenters. The molecule has 0 amide bonds. The van der Waals surface area contributed by atoms with Gasteiger partial charge >= 0.3 is 221 Å². The molecule has 8 heteroatoms. The molecule has 0 spiro atoms. The molecule has 3 heterocycles. The summed E-state index contributed by atoms with van der Waals surface area (Å²) in [6.07, 6.45) is 2.10. The van der Waals surface area contributed by atoms with Crippen LogP contribution in [0.1, 0.15) is 88.1 Å². The molecular formula is C58H57FGeIrN4O+. The minimum atomic E-state index is -1.94. The first-order valence-corrected chi connectivity index (χ1v) is 29.7. The molecule has 0 N–H and O–H groups in total. The molecule has 0 saturated heterocycles. The number of halogens is 1. The second-order valence-electron chi connectivity index (χ2n) is 19.7. The van der Waals surface area contributed by atoms with Crippen molar-refractivity contribution in [2.24, 2.45) is 0 Å². The maximum absolute atomic E-state index is 15.4. The largest absolute Gasteiger partial charge is 3.00 e. The van der Waals surface area contributed by atoms with E-state index in [2.05, 4.69) is 157 Å². The summed E-state index contributed by atoms with van der Waals surface area (Å²) < 4.78 is 27.3. The van der Waals surface area contributed by atoms with Gasteiger partial charge in [-0.05, 0) is 17.0 Å². The van der Waals surface area contributed by atoms with E-state index in [4.69, 9.17) is 9.40 Å². The van der Waals surface area contributed by atoms with E-state index in [0.717, 1.165) is 38.9 Å². The summed E-state index contributed by atoms with van der Waals surface area (Å²) in [5, 5.41) is 10.8. The average molecular weight is 1110 g/mol. The van der Waals surface area contributed by atoms with Crippen LogP contribution in [0.2, 0.25) is 17.3 Å². The van der Waals surface area contributed by atoms with Crippen molar-refractivity contribution in [3.8, 4) is 45.5 Å². The molecule has 3 aromatic heterocycles. The third kappa shape index (κ3) is 9.12. The van der Waals surface area contributed by atoms with Gasteiger partial charge < -0.3 is 8.98 Å². The van der Waals surface area contributed by atoms with E-state index in [9.17, 15) is 5.26 Å². The SMILES string of the molecule is CC(C)c1cc(-c2cc[c]([Ge]([CH3])([CH3])[CH3])cc2)cc(C(C)C)c1-n1c(-c2[c-]ccc3c2oc2c(F)c(C#N)ccc23)nc2ccccc21.[CH2-]c1ccccc1-c1ccc(C(C)(C)C)c[n+]1[CH2-].[Ir+3]. The van der Waals surface area contributed by atoms with E-state index in [-0.39, 0.29) is 48.5 Å². The maximum Gasteiger partial charge on any atom is 3.00 e. The Morgan fingerprint density at radius 2 is 1.44 bits per heavy atom. The zero-order valence-electron chi connectivity index (χ0n) is 39.6. The van der Waals surface area contributed by atoms with Crippen LogP contribution in [-0.4, -0.2) is 22.8 Å². The number of aromatic nitrogens is 3. The van der Waals surface area contributed by atoms with Crippen molar-refractivity contribution in [1.29, 1.82) is 5.26 Å². The zero-order valence-corrected chi connectivity index (χ0v) is 44.1. The Kier molecular flexibility index (Phi) is 13.7. The molecule has 66 heavy (non-hydrogen) atoms. The summed E-state index contributed by atoms with van der Waals surface area (Å²) in [6, 6.07) is 46.7. The number of nitriles is 1. The molecule has 0 atom stereocenters. The molecule has 334 valence electrons. The minimum absolute atomic E-state index is 0. The molecule has 9 rings (SSSR count). The van der Waals surface area contributed by atoms with Gasteiger partial charge in [-0.1, -0.05) is 56.5 Å². The van der Waals surface area contributed by atoms with Crippen LogP contribution in [0.5, 0.6) is 0 Å². The predicted octanol–water partition coefficient (Wildman–Crippen LogP) is 14.6. The average Bonchev–Trinajstić information content (AvgIpc) is 3.85. The van der Waals surface area contributed by atoms with Crippen LogP contribution in [0.25, 0.3) is 72.4 Å². The van der Waals surface area contributed by atoms with Crippen molar-refractivity contribution in [3.63, 3.8) is 0 Å². The monoisotopic (exact) mass is 1110 g/mol. The number of pyridine rings is 1. The number of rotatable bonds is 7. The van der Waals surface area contributed by atoms with Crippen LogP contribution in [0.3, 0.4) is 0 Å². The quantitative estimate of drug-likeness (QED) is 0.0908. The van der Waals surface area contributed by atoms with Gasteiger partial charge in [-0.15, -0.1) is 29.8 Å². The van der Waals surface area contributed by atoms with Crippen molar-refractivity contribution in [1.82, 2.24) is 9.55 Å². The number of imidazole rings is 1. The van der Waals surface area contributed by atoms with Gasteiger partial charge in [0.1, 0.15) is 6.07 Å². The molecule has 0 aliphatic carbocycles. The fourth-order valence-electron chi connectivity index (χ4n) is 8.60. The number of fused-ring (bicyclic) bond motifs is 4. The predicted molar refractivity (Wildman–Crippen MR) is 270 cm³/mol. The summed E-state index contributed by atoms with van der Waals surface area (Å²) in [6.45, 7) is 19.6. The first kappa shape index (κ1) is 48.0. The molecule has 0 radical (unpaired) electrons. The Bertz CT molecular complexity index is 3260. The number of hydrogen-bond acceptors (Lipinski definition) is 3. The van der Waals surface area contributed by atoms with Gasteiger partial charge in [-0.2, -0.15) is 23.8 Å². The van der Waals surface area contributed by atoms with Crippen LogP contribution in [0.15, 0.2) is 132 Å². The van der Waals surface area contributed by atoms with Crippen LogP contribution in [0.4, 0.5) is 4.39 Å². The normalized spacial score (nSPS) is 11.8. The van der Waals surface area contributed by atoms with Gasteiger partial charge in [-0.25, -0.2) is 4.39 Å². The van der Waals surface area contributed by atoms with E-state index in [1.165, 1.54) is 38.3 Å². The topological polar surface area (TPSA) is 58.6 Å². The summed E-state index contributed by atoms with van der Waals surface area (Å²) in [5.74, 6) is 7.72. The molecule has 0 bridgehead atoms. The number of furan rings is 1. The molecule has 0 aliphatic heterocycles. The fourth-order valence-corrected chi connectivity index (χ4v) is 11.0. The Morgan fingerprint density at radius 1 is 0.803 bits per heavy atom. The van der Waals surface area contributed by atoms with Crippen molar-refractivity contribution in [2.45, 2.75) is 83.0 Å². The number of nitrogens with zero attached hydrogens (tertiary/aromatic N) is 4. The van der Waals surface area contributed by atoms with Crippen molar-refractivity contribution < 1.29 is 33.5 Å². The second kappa shape index (κ2) is 18.8. The third-order valence-corrected chi connectivity index (χ3v) is 16.7. The third-order valence-electron chi connectivity index (χ3n) is 12.4. The van der Waals surface area contributed by atoms with E-state index in [1.54, 1.807) is 6.07 Å². The van der Waals surface area contributed by atoms with E-state index in [1.807, 2.05) is 59.2 Å². The van der Waals surface area contributed by atoms with Crippen molar-refractivity contribution in [3.05, 3.63) is 181 Å². The number of hydrogen-bond donors (Lipinski definition) is 0. The van der Waals surface area contributed by atoms with Gasteiger partial charge in [0.25, 0.3) is 0 Å².